The van der Waals surface area contributed by atoms with Crippen LogP contribution in [0.3, 0.4) is 0 Å². The molecule has 10 heteroatoms. The Labute approximate surface area is 120 Å². The van der Waals surface area contributed by atoms with E-state index >= 15 is 0 Å². The van der Waals surface area contributed by atoms with Gasteiger partial charge in [0.1, 0.15) is 5.25 Å². The largest absolute Gasteiger partial charge is 0.416 e. The fourth-order valence-electron chi connectivity index (χ4n) is 1.42. The van der Waals surface area contributed by atoms with Gasteiger partial charge < -0.3 is 11.5 Å². The average molecular weight is 323 g/mol. The summed E-state index contributed by atoms with van der Waals surface area (Å²) in [5.41, 5.74) is 8.84. The molecule has 1 aromatic rings. The summed E-state index contributed by atoms with van der Waals surface area (Å²) in [6.07, 6.45) is -4.58. The van der Waals surface area contributed by atoms with Crippen LogP contribution in [-0.4, -0.2) is 21.4 Å². The number of nitrogen functional groups attached to an aromatic ring is 1. The number of alkyl halides is 3. The number of anilines is 1. The lowest BCUT2D eigenvalue weighted by Gasteiger charge is -2.14. The summed E-state index contributed by atoms with van der Waals surface area (Å²) in [5.74, 6) is -0.917. The maximum atomic E-state index is 12.5. The van der Waals surface area contributed by atoms with E-state index in [9.17, 15) is 27.0 Å². The zero-order chi connectivity index (χ0) is 16.4. The monoisotopic (exact) mass is 323 g/mol. The second-order valence-electron chi connectivity index (χ2n) is 4.04. The van der Waals surface area contributed by atoms with Gasteiger partial charge in [0, 0.05) is 5.69 Å². The SMILES string of the molecule is CC(C(=O)NC(N)=O)S(=O)c1ccc(C(F)(F)F)cc1N. The van der Waals surface area contributed by atoms with Crippen molar-refractivity contribution >= 4 is 28.4 Å². The van der Waals surface area contributed by atoms with E-state index in [0.29, 0.717) is 12.1 Å². The van der Waals surface area contributed by atoms with Crippen LogP contribution in [0.15, 0.2) is 23.1 Å². The Morgan fingerprint density at radius 2 is 1.90 bits per heavy atom. The minimum absolute atomic E-state index is 0.130. The second kappa shape index (κ2) is 6.12. The number of halogens is 3. The number of nitrogens with two attached hydrogens (primary N) is 2. The number of imide groups is 1. The highest BCUT2D eigenvalue weighted by Gasteiger charge is 2.32. The number of hydrogen-bond donors (Lipinski definition) is 3. The first-order valence-corrected chi connectivity index (χ1v) is 6.73. The van der Waals surface area contributed by atoms with Gasteiger partial charge in [-0.1, -0.05) is 0 Å². The molecule has 0 aliphatic rings. The van der Waals surface area contributed by atoms with Crippen LogP contribution in [0.2, 0.25) is 0 Å². The number of rotatable bonds is 3. The van der Waals surface area contributed by atoms with E-state index in [4.69, 9.17) is 11.5 Å². The summed E-state index contributed by atoms with van der Waals surface area (Å²) in [4.78, 5) is 21.9. The first kappa shape index (κ1) is 17.0. The summed E-state index contributed by atoms with van der Waals surface area (Å²) in [5, 5.41) is 0.523. The number of hydrogen-bond acceptors (Lipinski definition) is 4. The predicted octanol–water partition coefficient (Wildman–Crippen LogP) is 0.979. The highest BCUT2D eigenvalue weighted by molar-refractivity contribution is 7.86. The van der Waals surface area contributed by atoms with Gasteiger partial charge in [-0.3, -0.25) is 14.3 Å². The maximum Gasteiger partial charge on any atom is 0.416 e. The molecule has 21 heavy (non-hydrogen) atoms. The van der Waals surface area contributed by atoms with Crippen molar-refractivity contribution in [2.24, 2.45) is 5.73 Å². The van der Waals surface area contributed by atoms with E-state index < -0.39 is 39.7 Å². The highest BCUT2D eigenvalue weighted by atomic mass is 32.2. The van der Waals surface area contributed by atoms with E-state index in [2.05, 4.69) is 0 Å². The number of benzene rings is 1. The molecular formula is C11H12F3N3O3S. The van der Waals surface area contributed by atoms with Crippen molar-refractivity contribution in [3.05, 3.63) is 23.8 Å². The molecule has 0 spiro atoms. The Morgan fingerprint density at radius 1 is 1.33 bits per heavy atom. The van der Waals surface area contributed by atoms with Crippen molar-refractivity contribution in [3.8, 4) is 0 Å². The van der Waals surface area contributed by atoms with Gasteiger partial charge in [-0.05, 0) is 25.1 Å². The molecule has 3 amide bonds. The molecule has 0 aliphatic carbocycles. The summed E-state index contributed by atoms with van der Waals surface area (Å²) >= 11 is 0. The second-order valence-corrected chi connectivity index (χ2v) is 5.79. The summed E-state index contributed by atoms with van der Waals surface area (Å²) in [7, 11) is -2.03. The van der Waals surface area contributed by atoms with E-state index in [0.717, 1.165) is 6.07 Å². The molecule has 0 saturated carbocycles. The molecule has 1 aromatic carbocycles. The zero-order valence-electron chi connectivity index (χ0n) is 10.7. The standard InChI is InChI=1S/C11H12F3N3O3S/c1-5(9(18)17-10(16)19)21(20)8-3-2-6(4-7(8)15)11(12,13)14/h2-5H,15H2,1H3,(H3,16,17,18,19). The van der Waals surface area contributed by atoms with Gasteiger partial charge in [0.15, 0.2) is 0 Å². The molecule has 1 rings (SSSR count). The predicted molar refractivity (Wildman–Crippen MR) is 69.5 cm³/mol. The quantitative estimate of drug-likeness (QED) is 0.719. The minimum Gasteiger partial charge on any atom is -0.398 e. The minimum atomic E-state index is -4.58. The van der Waals surface area contributed by atoms with Gasteiger partial charge in [-0.2, -0.15) is 13.2 Å². The third-order valence-electron chi connectivity index (χ3n) is 2.49. The van der Waals surface area contributed by atoms with Gasteiger partial charge in [0.2, 0.25) is 5.91 Å². The summed E-state index contributed by atoms with van der Waals surface area (Å²) < 4.78 is 49.5. The molecule has 116 valence electrons. The van der Waals surface area contributed by atoms with Crippen molar-refractivity contribution in [1.82, 2.24) is 5.32 Å². The number of carbonyl (C=O) groups excluding carboxylic acids is 2. The van der Waals surface area contributed by atoms with Gasteiger partial charge in [-0.15, -0.1) is 0 Å². The van der Waals surface area contributed by atoms with Crippen LogP contribution >= 0.6 is 0 Å². The summed E-state index contributed by atoms with van der Waals surface area (Å²) in [6, 6.07) is 1.15. The Kier molecular flexibility index (Phi) is 4.94. The van der Waals surface area contributed by atoms with Gasteiger partial charge in [0.25, 0.3) is 0 Å². The molecule has 0 bridgehead atoms. The Balaban J connectivity index is 3.03. The van der Waals surface area contributed by atoms with Crippen molar-refractivity contribution in [1.29, 1.82) is 0 Å². The number of primary amides is 1. The number of amides is 3. The van der Waals surface area contributed by atoms with Crippen LogP contribution < -0.4 is 16.8 Å². The Morgan fingerprint density at radius 3 is 2.33 bits per heavy atom. The fraction of sp³-hybridized carbons (Fsp3) is 0.273. The molecule has 0 radical (unpaired) electrons. The smallest absolute Gasteiger partial charge is 0.398 e. The maximum absolute atomic E-state index is 12.5. The first-order valence-electron chi connectivity index (χ1n) is 5.51. The Hall–Kier alpha value is -2.10. The van der Waals surface area contributed by atoms with Crippen LogP contribution in [0, 0.1) is 0 Å². The molecular weight excluding hydrogens is 311 g/mol. The lowest BCUT2D eigenvalue weighted by Crippen LogP contribution is -2.42. The summed E-state index contributed by atoms with van der Waals surface area (Å²) in [6.45, 7) is 1.23. The highest BCUT2D eigenvalue weighted by Crippen LogP contribution is 2.32. The van der Waals surface area contributed by atoms with Crippen LogP contribution in [0.4, 0.5) is 23.7 Å². The van der Waals surface area contributed by atoms with Crippen molar-refractivity contribution in [2.45, 2.75) is 23.2 Å². The lowest BCUT2D eigenvalue weighted by atomic mass is 10.2. The van der Waals surface area contributed by atoms with E-state index in [1.54, 1.807) is 5.32 Å². The Bertz CT molecular complexity index is 604. The van der Waals surface area contributed by atoms with E-state index in [-0.39, 0.29) is 10.6 Å². The molecule has 0 heterocycles. The third kappa shape index (κ3) is 4.18. The normalized spacial score (nSPS) is 14.3. The zero-order valence-corrected chi connectivity index (χ0v) is 11.5. The number of carbonyl (C=O) groups is 2. The van der Waals surface area contributed by atoms with Gasteiger partial charge >= 0.3 is 12.2 Å². The van der Waals surface area contributed by atoms with Crippen LogP contribution in [0.5, 0.6) is 0 Å². The molecule has 0 saturated heterocycles. The number of urea groups is 1. The fourth-order valence-corrected chi connectivity index (χ4v) is 2.55. The number of nitrogens with one attached hydrogen (secondary N) is 1. The van der Waals surface area contributed by atoms with Crippen LogP contribution in [0.25, 0.3) is 0 Å². The molecule has 5 N–H and O–H groups in total. The van der Waals surface area contributed by atoms with Gasteiger partial charge in [0.05, 0.1) is 21.3 Å². The molecule has 0 aromatic heterocycles. The molecule has 6 nitrogen and oxygen atoms in total. The third-order valence-corrected chi connectivity index (χ3v) is 4.15. The van der Waals surface area contributed by atoms with Crippen LogP contribution in [-0.2, 0) is 21.8 Å². The average Bonchev–Trinajstić information content (AvgIpc) is 2.35. The van der Waals surface area contributed by atoms with Crippen molar-refractivity contribution < 1.29 is 27.0 Å². The molecule has 2 atom stereocenters. The molecule has 2 unspecified atom stereocenters. The van der Waals surface area contributed by atoms with Gasteiger partial charge in [-0.25, -0.2) is 4.79 Å². The van der Waals surface area contributed by atoms with Crippen LogP contribution in [0.1, 0.15) is 12.5 Å². The molecule has 0 fully saturated rings. The first-order chi connectivity index (χ1) is 9.54. The lowest BCUT2D eigenvalue weighted by molar-refractivity contribution is -0.137. The van der Waals surface area contributed by atoms with E-state index in [1.165, 1.54) is 6.92 Å². The molecule has 0 aliphatic heterocycles. The van der Waals surface area contributed by atoms with E-state index in [1.807, 2.05) is 0 Å². The van der Waals surface area contributed by atoms with Crippen molar-refractivity contribution in [3.63, 3.8) is 0 Å². The van der Waals surface area contributed by atoms with Crippen molar-refractivity contribution in [2.75, 3.05) is 5.73 Å². The topological polar surface area (TPSA) is 115 Å².